The third-order valence-corrected chi connectivity index (χ3v) is 3.51. The summed E-state index contributed by atoms with van der Waals surface area (Å²) in [5.41, 5.74) is 6.04. The fourth-order valence-corrected chi connectivity index (χ4v) is 2.25. The van der Waals surface area contributed by atoms with Crippen molar-refractivity contribution in [1.29, 1.82) is 0 Å². The molecule has 0 aliphatic carbocycles. The average molecular weight is 357 g/mol. The molecule has 0 aliphatic heterocycles. The van der Waals surface area contributed by atoms with Crippen LogP contribution in [0.25, 0.3) is 0 Å². The Bertz CT molecular complexity index is 715. The lowest BCUT2D eigenvalue weighted by atomic mass is 10.2. The third kappa shape index (κ3) is 4.69. The lowest BCUT2D eigenvalue weighted by Gasteiger charge is -2.07. The number of nitrogens with zero attached hydrogens (tertiary/aromatic N) is 1. The van der Waals surface area contributed by atoms with E-state index in [1.54, 1.807) is 0 Å². The lowest BCUT2D eigenvalue weighted by molar-refractivity contribution is -0.119. The number of aromatic nitrogens is 1. The number of hydrogen-bond acceptors (Lipinski definition) is 7. The first kappa shape index (κ1) is 17.7. The summed E-state index contributed by atoms with van der Waals surface area (Å²) in [7, 11) is 0. The molecule has 24 heavy (non-hydrogen) atoms. The van der Waals surface area contributed by atoms with Gasteiger partial charge in [-0.2, -0.15) is 8.78 Å². The topological polar surface area (TPSA) is 107 Å². The number of rotatable bonds is 6. The summed E-state index contributed by atoms with van der Waals surface area (Å²) in [5, 5.41) is 5.97. The van der Waals surface area contributed by atoms with Gasteiger partial charge in [0.25, 0.3) is 11.7 Å². The summed E-state index contributed by atoms with van der Waals surface area (Å²) >= 11 is 0.399. The van der Waals surface area contributed by atoms with Crippen LogP contribution in [0.4, 0.5) is 20.4 Å². The van der Waals surface area contributed by atoms with Gasteiger partial charge >= 0.3 is 5.97 Å². The van der Waals surface area contributed by atoms with E-state index in [-0.39, 0.29) is 17.1 Å². The van der Waals surface area contributed by atoms with Crippen LogP contribution in [0.1, 0.15) is 16.1 Å². The molecular weight excluding hydrogens is 344 g/mol. The van der Waals surface area contributed by atoms with Gasteiger partial charge < -0.3 is 20.3 Å². The van der Waals surface area contributed by atoms with Crippen LogP contribution in [0.2, 0.25) is 0 Å². The molecule has 1 aromatic heterocycles. The standard InChI is InChI=1S/C14H13F2N3O4S/c1-7-11(12(17)23-19-7)13(21)22-6-10(20)18-8-2-4-9(5-3-8)24-14(15)16/h2-5,14H,6,17H2,1H3,(H,18,20). The summed E-state index contributed by atoms with van der Waals surface area (Å²) in [6, 6.07) is 5.82. The number of alkyl halides is 2. The highest BCUT2D eigenvalue weighted by atomic mass is 32.2. The molecule has 1 amide bonds. The number of thioether (sulfide) groups is 1. The first-order valence-corrected chi connectivity index (χ1v) is 7.48. The first-order chi connectivity index (χ1) is 11.4. The highest BCUT2D eigenvalue weighted by molar-refractivity contribution is 7.99. The van der Waals surface area contributed by atoms with Gasteiger partial charge in [-0.1, -0.05) is 16.9 Å². The van der Waals surface area contributed by atoms with E-state index in [1.165, 1.54) is 31.2 Å². The largest absolute Gasteiger partial charge is 0.452 e. The van der Waals surface area contributed by atoms with Gasteiger partial charge in [0, 0.05) is 10.6 Å². The summed E-state index contributed by atoms with van der Waals surface area (Å²) < 4.78 is 33.9. The van der Waals surface area contributed by atoms with E-state index in [0.29, 0.717) is 22.3 Å². The smallest absolute Gasteiger partial charge is 0.346 e. The molecule has 0 radical (unpaired) electrons. The SMILES string of the molecule is Cc1noc(N)c1C(=O)OCC(=O)Nc1ccc(SC(F)F)cc1. The number of carbonyl (C=O) groups is 2. The van der Waals surface area contributed by atoms with Crippen molar-refractivity contribution in [2.24, 2.45) is 0 Å². The van der Waals surface area contributed by atoms with Gasteiger partial charge in [0.2, 0.25) is 5.88 Å². The van der Waals surface area contributed by atoms with Crippen molar-refractivity contribution in [3.8, 4) is 0 Å². The van der Waals surface area contributed by atoms with Gasteiger partial charge in [-0.25, -0.2) is 4.79 Å². The second kappa shape index (κ2) is 7.77. The van der Waals surface area contributed by atoms with Crippen LogP contribution in [0.3, 0.4) is 0 Å². The molecule has 10 heteroatoms. The van der Waals surface area contributed by atoms with Gasteiger partial charge in [0.1, 0.15) is 5.56 Å². The molecule has 1 heterocycles. The quantitative estimate of drug-likeness (QED) is 0.604. The molecule has 0 bridgehead atoms. The number of amides is 1. The fraction of sp³-hybridized carbons (Fsp3) is 0.214. The van der Waals surface area contributed by atoms with Gasteiger partial charge in [-0.05, 0) is 31.2 Å². The molecule has 0 saturated carbocycles. The number of benzene rings is 1. The van der Waals surface area contributed by atoms with Crippen LogP contribution in [0.15, 0.2) is 33.7 Å². The van der Waals surface area contributed by atoms with Crippen molar-refractivity contribution in [2.45, 2.75) is 17.6 Å². The molecule has 128 valence electrons. The zero-order valence-corrected chi connectivity index (χ0v) is 13.2. The molecule has 7 nitrogen and oxygen atoms in total. The fourth-order valence-electron chi connectivity index (χ4n) is 1.76. The summed E-state index contributed by atoms with van der Waals surface area (Å²) in [5.74, 6) is -4.13. The van der Waals surface area contributed by atoms with Crippen LogP contribution in [-0.4, -0.2) is 29.4 Å². The molecule has 0 unspecified atom stereocenters. The van der Waals surface area contributed by atoms with Crippen LogP contribution in [0, 0.1) is 6.92 Å². The zero-order chi connectivity index (χ0) is 17.7. The van der Waals surface area contributed by atoms with E-state index in [1.807, 2.05) is 0 Å². The molecule has 3 N–H and O–H groups in total. The van der Waals surface area contributed by atoms with Crippen LogP contribution in [0.5, 0.6) is 0 Å². The summed E-state index contributed by atoms with van der Waals surface area (Å²) in [6.07, 6.45) is 0. The van der Waals surface area contributed by atoms with Crippen molar-refractivity contribution >= 4 is 35.2 Å². The Morgan fingerprint density at radius 3 is 2.58 bits per heavy atom. The maximum Gasteiger partial charge on any atom is 0.346 e. The Kier molecular flexibility index (Phi) is 5.74. The van der Waals surface area contributed by atoms with Crippen molar-refractivity contribution in [2.75, 3.05) is 17.7 Å². The van der Waals surface area contributed by atoms with E-state index >= 15 is 0 Å². The number of nitrogen functional groups attached to an aromatic ring is 1. The summed E-state index contributed by atoms with van der Waals surface area (Å²) in [6.45, 7) is 0.964. The van der Waals surface area contributed by atoms with Gasteiger partial charge in [-0.3, -0.25) is 4.79 Å². The van der Waals surface area contributed by atoms with Crippen molar-refractivity contribution in [3.05, 3.63) is 35.5 Å². The second-order valence-electron chi connectivity index (χ2n) is 4.53. The number of nitrogens with one attached hydrogen (secondary N) is 1. The maximum atomic E-state index is 12.2. The third-order valence-electron chi connectivity index (χ3n) is 2.79. The molecule has 0 fully saturated rings. The number of nitrogens with two attached hydrogens (primary N) is 1. The van der Waals surface area contributed by atoms with E-state index in [4.69, 9.17) is 10.5 Å². The molecule has 0 saturated heterocycles. The predicted molar refractivity (Wildman–Crippen MR) is 82.9 cm³/mol. The summed E-state index contributed by atoms with van der Waals surface area (Å²) in [4.78, 5) is 23.9. The van der Waals surface area contributed by atoms with Crippen LogP contribution < -0.4 is 11.1 Å². The first-order valence-electron chi connectivity index (χ1n) is 6.60. The Morgan fingerprint density at radius 1 is 1.38 bits per heavy atom. The van der Waals surface area contributed by atoms with Crippen molar-refractivity contribution < 1.29 is 27.6 Å². The predicted octanol–water partition coefficient (Wildman–Crippen LogP) is 2.68. The van der Waals surface area contributed by atoms with Crippen molar-refractivity contribution in [3.63, 3.8) is 0 Å². The molecule has 0 aliphatic rings. The molecular formula is C14H13F2N3O4S. The van der Waals surface area contributed by atoms with Gasteiger partial charge in [0.15, 0.2) is 6.61 Å². The van der Waals surface area contributed by atoms with E-state index in [0.717, 1.165) is 0 Å². The molecule has 0 atom stereocenters. The monoisotopic (exact) mass is 357 g/mol. The normalized spacial score (nSPS) is 10.7. The Balaban J connectivity index is 1.86. The van der Waals surface area contributed by atoms with Crippen LogP contribution >= 0.6 is 11.8 Å². The number of hydrogen-bond donors (Lipinski definition) is 2. The van der Waals surface area contributed by atoms with E-state index in [2.05, 4.69) is 15.0 Å². The molecule has 2 aromatic rings. The highest BCUT2D eigenvalue weighted by Crippen LogP contribution is 2.26. The minimum atomic E-state index is -2.52. The van der Waals surface area contributed by atoms with Crippen molar-refractivity contribution in [1.82, 2.24) is 5.16 Å². The van der Waals surface area contributed by atoms with E-state index in [9.17, 15) is 18.4 Å². The van der Waals surface area contributed by atoms with Crippen LogP contribution in [-0.2, 0) is 9.53 Å². The van der Waals surface area contributed by atoms with Gasteiger partial charge in [0.05, 0.1) is 5.69 Å². The number of aryl methyl sites for hydroxylation is 1. The molecule has 0 spiro atoms. The number of esters is 1. The Hall–Kier alpha value is -2.62. The Morgan fingerprint density at radius 2 is 2.04 bits per heavy atom. The Labute approximate surface area is 139 Å². The zero-order valence-electron chi connectivity index (χ0n) is 12.4. The minimum Gasteiger partial charge on any atom is -0.452 e. The number of anilines is 2. The second-order valence-corrected chi connectivity index (χ2v) is 5.60. The minimum absolute atomic E-state index is 0.0313. The number of halogens is 2. The molecule has 1 aromatic carbocycles. The van der Waals surface area contributed by atoms with E-state index < -0.39 is 24.2 Å². The number of carbonyl (C=O) groups excluding carboxylic acids is 2. The van der Waals surface area contributed by atoms with Gasteiger partial charge in [-0.15, -0.1) is 0 Å². The maximum absolute atomic E-state index is 12.2. The number of ether oxygens (including phenoxy) is 1. The molecule has 2 rings (SSSR count). The highest BCUT2D eigenvalue weighted by Gasteiger charge is 2.20. The average Bonchev–Trinajstić information content (AvgIpc) is 2.85. The lowest BCUT2D eigenvalue weighted by Crippen LogP contribution is -2.21.